The van der Waals surface area contributed by atoms with Crippen LogP contribution in [0.4, 0.5) is 5.69 Å². The van der Waals surface area contributed by atoms with E-state index in [0.29, 0.717) is 20.9 Å². The number of ether oxygens (including phenoxy) is 1. The number of carbonyl (C=O) groups excluding carboxylic acids is 2. The lowest BCUT2D eigenvalue weighted by Crippen LogP contribution is -2.54. The summed E-state index contributed by atoms with van der Waals surface area (Å²) >= 11 is 9.53. The molecular weight excluding hydrogens is 690 g/mol. The maximum Gasteiger partial charge on any atom is 0.264 e. The first-order chi connectivity index (χ1) is 21.9. The van der Waals surface area contributed by atoms with Gasteiger partial charge in [0.1, 0.15) is 18.3 Å². The molecule has 2 amide bonds. The topological polar surface area (TPSA) is 96.0 Å². The highest BCUT2D eigenvalue weighted by molar-refractivity contribution is 9.10. The summed E-state index contributed by atoms with van der Waals surface area (Å²) < 4.78 is 35.3. The average molecular weight is 727 g/mol. The molecule has 4 aromatic carbocycles. The van der Waals surface area contributed by atoms with E-state index in [9.17, 15) is 18.0 Å². The van der Waals surface area contributed by atoms with Gasteiger partial charge in [0.25, 0.3) is 10.0 Å². The van der Waals surface area contributed by atoms with Crippen LogP contribution in [-0.4, -0.2) is 50.9 Å². The molecule has 0 fully saturated rings. The first-order valence-electron chi connectivity index (χ1n) is 14.7. The number of carbonyl (C=O) groups is 2. The van der Waals surface area contributed by atoms with Crippen molar-refractivity contribution in [1.82, 2.24) is 10.2 Å². The van der Waals surface area contributed by atoms with Crippen molar-refractivity contribution in [2.24, 2.45) is 0 Å². The van der Waals surface area contributed by atoms with Gasteiger partial charge in [-0.2, -0.15) is 0 Å². The number of halogens is 2. The van der Waals surface area contributed by atoms with Crippen molar-refractivity contribution in [3.05, 3.63) is 123 Å². The normalized spacial score (nSPS) is 12.0. The van der Waals surface area contributed by atoms with Gasteiger partial charge in [0.15, 0.2) is 0 Å². The fourth-order valence-electron chi connectivity index (χ4n) is 4.90. The van der Waals surface area contributed by atoms with Gasteiger partial charge in [-0.05, 0) is 90.3 Å². The molecule has 0 heterocycles. The molecule has 11 heteroatoms. The minimum Gasteiger partial charge on any atom is -0.496 e. The summed E-state index contributed by atoms with van der Waals surface area (Å²) in [5.41, 5.74) is 2.82. The summed E-state index contributed by atoms with van der Waals surface area (Å²) in [5.74, 6) is -0.428. The second-order valence-electron chi connectivity index (χ2n) is 11.2. The molecule has 46 heavy (non-hydrogen) atoms. The average Bonchev–Trinajstić information content (AvgIpc) is 3.03. The number of amides is 2. The second-order valence-corrected chi connectivity index (χ2v) is 14.3. The van der Waals surface area contributed by atoms with Gasteiger partial charge in [-0.3, -0.25) is 13.9 Å². The lowest BCUT2D eigenvalue weighted by Gasteiger charge is -2.34. The van der Waals surface area contributed by atoms with E-state index in [4.69, 9.17) is 16.3 Å². The molecule has 0 aliphatic carbocycles. The van der Waals surface area contributed by atoms with Gasteiger partial charge in [-0.25, -0.2) is 8.42 Å². The van der Waals surface area contributed by atoms with Crippen LogP contribution in [0, 0.1) is 6.92 Å². The number of hydrogen-bond donors (Lipinski definition) is 1. The Kier molecular flexibility index (Phi) is 11.9. The maximum atomic E-state index is 14.5. The van der Waals surface area contributed by atoms with E-state index in [1.165, 1.54) is 24.1 Å². The Morgan fingerprint density at radius 1 is 0.913 bits per heavy atom. The SMILES string of the molecule is COc1ccc(S(=O)(=O)N(CC(=O)N(Cc2ccc(Cl)cc2)C(Cc2ccccc2)C(=O)NC(C)C)c2ccc(C)cc2)cc1Br. The minimum absolute atomic E-state index is 0.0313. The summed E-state index contributed by atoms with van der Waals surface area (Å²) in [5, 5.41) is 3.48. The van der Waals surface area contributed by atoms with Crippen LogP contribution >= 0.6 is 27.5 Å². The lowest BCUT2D eigenvalue weighted by atomic mass is 10.0. The highest BCUT2D eigenvalue weighted by Gasteiger charge is 2.35. The predicted octanol–water partition coefficient (Wildman–Crippen LogP) is 6.78. The number of benzene rings is 4. The summed E-state index contributed by atoms with van der Waals surface area (Å²) in [6.45, 7) is 5.09. The molecule has 0 saturated heterocycles. The predicted molar refractivity (Wildman–Crippen MR) is 186 cm³/mol. The van der Waals surface area contributed by atoms with E-state index in [0.717, 1.165) is 21.0 Å². The molecule has 242 valence electrons. The monoisotopic (exact) mass is 725 g/mol. The zero-order valence-corrected chi connectivity index (χ0v) is 29.3. The quantitative estimate of drug-likeness (QED) is 0.164. The van der Waals surface area contributed by atoms with Crippen LogP contribution in [0.1, 0.15) is 30.5 Å². The largest absolute Gasteiger partial charge is 0.496 e. The lowest BCUT2D eigenvalue weighted by molar-refractivity contribution is -0.140. The van der Waals surface area contributed by atoms with Crippen LogP contribution in [0.2, 0.25) is 5.02 Å². The van der Waals surface area contributed by atoms with Crippen molar-refractivity contribution >= 4 is 55.1 Å². The third-order valence-corrected chi connectivity index (χ3v) is 9.92. The summed E-state index contributed by atoms with van der Waals surface area (Å²) in [7, 11) is -2.77. The van der Waals surface area contributed by atoms with Crippen molar-refractivity contribution in [3.8, 4) is 5.75 Å². The molecule has 0 aliphatic rings. The van der Waals surface area contributed by atoms with Crippen molar-refractivity contribution in [2.45, 2.75) is 50.7 Å². The van der Waals surface area contributed by atoms with Crippen LogP contribution in [0.15, 0.2) is 106 Å². The molecule has 0 bridgehead atoms. The summed E-state index contributed by atoms with van der Waals surface area (Å²) in [6, 6.07) is 26.6. The Bertz CT molecular complexity index is 1750. The number of aryl methyl sites for hydroxylation is 1. The van der Waals surface area contributed by atoms with E-state index in [2.05, 4.69) is 21.2 Å². The molecule has 0 saturated carbocycles. The number of sulfonamides is 1. The highest BCUT2D eigenvalue weighted by Crippen LogP contribution is 2.31. The Hall–Kier alpha value is -3.86. The Labute approximate surface area is 284 Å². The number of methoxy groups -OCH3 is 1. The first kappa shape index (κ1) is 35.0. The standard InChI is InChI=1S/C35H37BrClN3O5S/c1-24(2)38-35(42)32(20-26-8-6-5-7-9-26)39(22-27-12-14-28(37)15-13-27)34(41)23-40(29-16-10-25(3)11-17-29)46(43,44)30-18-19-33(45-4)31(36)21-30/h5-19,21,24,32H,20,22-23H2,1-4H3,(H,38,42). The summed E-state index contributed by atoms with van der Waals surface area (Å²) in [6.07, 6.45) is 0.224. The Morgan fingerprint density at radius 2 is 1.57 bits per heavy atom. The molecule has 0 aliphatic heterocycles. The van der Waals surface area contributed by atoms with E-state index in [-0.39, 0.29) is 29.8 Å². The van der Waals surface area contributed by atoms with Crippen LogP contribution in [0.25, 0.3) is 0 Å². The molecule has 1 atom stereocenters. The minimum atomic E-state index is -4.26. The summed E-state index contributed by atoms with van der Waals surface area (Å²) in [4.78, 5) is 29.7. The van der Waals surface area contributed by atoms with E-state index in [1.54, 1.807) is 54.6 Å². The number of rotatable bonds is 13. The van der Waals surface area contributed by atoms with Gasteiger partial charge in [-0.1, -0.05) is 71.8 Å². The van der Waals surface area contributed by atoms with Gasteiger partial charge < -0.3 is 15.0 Å². The third-order valence-electron chi connectivity index (χ3n) is 7.28. The molecule has 4 aromatic rings. The fourth-order valence-corrected chi connectivity index (χ4v) is 7.15. The van der Waals surface area contributed by atoms with Gasteiger partial charge in [0, 0.05) is 24.0 Å². The molecule has 0 spiro atoms. The number of nitrogens with zero attached hydrogens (tertiary/aromatic N) is 2. The van der Waals surface area contributed by atoms with Crippen molar-refractivity contribution in [1.29, 1.82) is 0 Å². The number of anilines is 1. The number of hydrogen-bond acceptors (Lipinski definition) is 5. The van der Waals surface area contributed by atoms with E-state index >= 15 is 0 Å². The Morgan fingerprint density at radius 3 is 2.15 bits per heavy atom. The third kappa shape index (κ3) is 8.90. The number of nitrogens with one attached hydrogen (secondary N) is 1. The zero-order chi connectivity index (χ0) is 33.4. The molecule has 4 rings (SSSR count). The van der Waals surface area contributed by atoms with Gasteiger partial charge in [0.2, 0.25) is 11.8 Å². The molecule has 0 radical (unpaired) electrons. The second kappa shape index (κ2) is 15.6. The van der Waals surface area contributed by atoms with Crippen LogP contribution in [0.3, 0.4) is 0 Å². The highest BCUT2D eigenvalue weighted by atomic mass is 79.9. The van der Waals surface area contributed by atoms with E-state index in [1.807, 2.05) is 51.1 Å². The zero-order valence-electron chi connectivity index (χ0n) is 26.1. The van der Waals surface area contributed by atoms with Crippen molar-refractivity contribution < 1.29 is 22.7 Å². The van der Waals surface area contributed by atoms with Crippen LogP contribution in [0.5, 0.6) is 5.75 Å². The Balaban J connectivity index is 1.81. The molecule has 1 N–H and O–H groups in total. The van der Waals surface area contributed by atoms with Crippen molar-refractivity contribution in [2.75, 3.05) is 18.0 Å². The molecule has 8 nitrogen and oxygen atoms in total. The van der Waals surface area contributed by atoms with Gasteiger partial charge in [0.05, 0.1) is 22.2 Å². The van der Waals surface area contributed by atoms with E-state index < -0.39 is 28.5 Å². The maximum absolute atomic E-state index is 14.5. The van der Waals surface area contributed by atoms with Crippen LogP contribution in [-0.2, 0) is 32.6 Å². The first-order valence-corrected chi connectivity index (χ1v) is 17.3. The fraction of sp³-hybridized carbons (Fsp3) is 0.257. The molecule has 1 unspecified atom stereocenters. The van der Waals surface area contributed by atoms with Gasteiger partial charge in [-0.15, -0.1) is 0 Å². The van der Waals surface area contributed by atoms with Crippen molar-refractivity contribution in [3.63, 3.8) is 0 Å². The van der Waals surface area contributed by atoms with Gasteiger partial charge >= 0.3 is 0 Å². The molecule has 0 aromatic heterocycles. The smallest absolute Gasteiger partial charge is 0.264 e. The van der Waals surface area contributed by atoms with Crippen LogP contribution < -0.4 is 14.4 Å². The molecular formula is C35H37BrClN3O5S.